The molecule has 1 amide bonds. The summed E-state index contributed by atoms with van der Waals surface area (Å²) < 4.78 is 4.89. The van der Waals surface area contributed by atoms with Gasteiger partial charge < -0.3 is 15.4 Å². The Balaban J connectivity index is 2.48. The molecule has 0 bridgehead atoms. The number of carbonyl (C=O) groups excluding carboxylic acids is 2. The van der Waals surface area contributed by atoms with Crippen LogP contribution in [0.4, 0.5) is 5.69 Å². The quantitative estimate of drug-likeness (QED) is 0.769. The molecule has 1 aromatic rings. The second-order valence-electron chi connectivity index (χ2n) is 4.37. The number of hydrogen-bond acceptors (Lipinski definition) is 4. The van der Waals surface area contributed by atoms with Gasteiger partial charge in [-0.15, -0.1) is 0 Å². The van der Waals surface area contributed by atoms with Crippen LogP contribution in [-0.2, 0) is 9.53 Å². The molecule has 19 heavy (non-hydrogen) atoms. The molecular weight excluding hydrogens is 244 g/mol. The van der Waals surface area contributed by atoms with Gasteiger partial charge in [0.25, 0.3) is 0 Å². The van der Waals surface area contributed by atoms with E-state index in [0.717, 1.165) is 5.69 Å². The van der Waals surface area contributed by atoms with Crippen molar-refractivity contribution in [1.29, 1.82) is 0 Å². The normalized spacial score (nSPS) is 10.1. The molecule has 1 rings (SSSR count). The van der Waals surface area contributed by atoms with E-state index in [1.807, 2.05) is 13.8 Å². The lowest BCUT2D eigenvalue weighted by Crippen LogP contribution is -2.34. The van der Waals surface area contributed by atoms with Crippen molar-refractivity contribution in [2.75, 3.05) is 18.5 Å². The third kappa shape index (κ3) is 5.42. The smallest absolute Gasteiger partial charge is 0.338 e. The SMILES string of the molecule is CCOC(=O)c1ccc(NCC(=O)NC(C)C)cc1. The van der Waals surface area contributed by atoms with E-state index in [1.165, 1.54) is 0 Å². The van der Waals surface area contributed by atoms with Crippen LogP contribution in [0.3, 0.4) is 0 Å². The summed E-state index contributed by atoms with van der Waals surface area (Å²) in [4.78, 5) is 22.9. The Hall–Kier alpha value is -2.04. The predicted molar refractivity (Wildman–Crippen MR) is 74.2 cm³/mol. The van der Waals surface area contributed by atoms with Gasteiger partial charge in [-0.25, -0.2) is 4.79 Å². The molecule has 0 spiro atoms. The lowest BCUT2D eigenvalue weighted by Gasteiger charge is -2.10. The van der Waals surface area contributed by atoms with Crippen molar-refractivity contribution in [3.63, 3.8) is 0 Å². The van der Waals surface area contributed by atoms with Gasteiger partial charge in [0, 0.05) is 11.7 Å². The first-order valence-electron chi connectivity index (χ1n) is 6.33. The monoisotopic (exact) mass is 264 g/mol. The van der Waals surface area contributed by atoms with E-state index in [1.54, 1.807) is 31.2 Å². The number of carbonyl (C=O) groups is 2. The zero-order valence-electron chi connectivity index (χ0n) is 11.5. The van der Waals surface area contributed by atoms with Gasteiger partial charge in [0.2, 0.25) is 5.91 Å². The van der Waals surface area contributed by atoms with Crippen molar-refractivity contribution in [3.8, 4) is 0 Å². The van der Waals surface area contributed by atoms with Gasteiger partial charge in [0.15, 0.2) is 0 Å². The van der Waals surface area contributed by atoms with Gasteiger partial charge in [-0.2, -0.15) is 0 Å². The molecule has 104 valence electrons. The Morgan fingerprint density at radius 1 is 1.21 bits per heavy atom. The molecule has 0 radical (unpaired) electrons. The first-order valence-corrected chi connectivity index (χ1v) is 6.33. The first-order chi connectivity index (χ1) is 9.02. The van der Waals surface area contributed by atoms with Gasteiger partial charge in [0.1, 0.15) is 0 Å². The first kappa shape index (κ1) is 15.0. The van der Waals surface area contributed by atoms with Gasteiger partial charge in [-0.05, 0) is 45.0 Å². The third-order valence-electron chi connectivity index (χ3n) is 2.30. The minimum absolute atomic E-state index is 0.0653. The number of benzene rings is 1. The summed E-state index contributed by atoms with van der Waals surface area (Å²) in [7, 11) is 0. The van der Waals surface area contributed by atoms with Gasteiger partial charge in [-0.1, -0.05) is 0 Å². The number of hydrogen-bond donors (Lipinski definition) is 2. The fourth-order valence-electron chi connectivity index (χ4n) is 1.49. The lowest BCUT2D eigenvalue weighted by molar-refractivity contribution is -0.119. The molecular formula is C14H20N2O3. The number of nitrogens with one attached hydrogen (secondary N) is 2. The van der Waals surface area contributed by atoms with Crippen molar-refractivity contribution >= 4 is 17.6 Å². The Morgan fingerprint density at radius 3 is 2.37 bits per heavy atom. The number of ether oxygens (including phenoxy) is 1. The van der Waals surface area contributed by atoms with Crippen LogP contribution in [0.5, 0.6) is 0 Å². The molecule has 0 aliphatic rings. The van der Waals surface area contributed by atoms with Crippen LogP contribution in [0.15, 0.2) is 24.3 Å². The maximum Gasteiger partial charge on any atom is 0.338 e. The standard InChI is InChI=1S/C14H20N2O3/c1-4-19-14(18)11-5-7-12(8-6-11)15-9-13(17)16-10(2)3/h5-8,10,15H,4,9H2,1-3H3,(H,16,17). The van der Waals surface area contributed by atoms with Crippen LogP contribution in [0.2, 0.25) is 0 Å². The van der Waals surface area contributed by atoms with Gasteiger partial charge in [0.05, 0.1) is 18.7 Å². The third-order valence-corrected chi connectivity index (χ3v) is 2.30. The van der Waals surface area contributed by atoms with E-state index >= 15 is 0 Å². The highest BCUT2D eigenvalue weighted by Crippen LogP contribution is 2.10. The molecule has 0 saturated carbocycles. The topological polar surface area (TPSA) is 67.4 Å². The molecule has 5 nitrogen and oxygen atoms in total. The molecule has 0 aliphatic carbocycles. The fraction of sp³-hybridized carbons (Fsp3) is 0.429. The molecule has 0 aromatic heterocycles. The maximum absolute atomic E-state index is 11.4. The zero-order valence-corrected chi connectivity index (χ0v) is 11.5. The van der Waals surface area contributed by atoms with E-state index < -0.39 is 0 Å². The summed E-state index contributed by atoms with van der Waals surface area (Å²) in [6, 6.07) is 6.95. The second kappa shape index (κ2) is 7.41. The summed E-state index contributed by atoms with van der Waals surface area (Å²) in [5, 5.41) is 5.77. The fourth-order valence-corrected chi connectivity index (χ4v) is 1.49. The molecule has 0 unspecified atom stereocenters. The Labute approximate surface area is 113 Å². The Kier molecular flexibility index (Phi) is 5.85. The van der Waals surface area contributed by atoms with E-state index in [0.29, 0.717) is 12.2 Å². The highest BCUT2D eigenvalue weighted by Gasteiger charge is 2.06. The second-order valence-corrected chi connectivity index (χ2v) is 4.37. The molecule has 0 heterocycles. The van der Waals surface area contributed by atoms with E-state index in [4.69, 9.17) is 4.74 Å². The van der Waals surface area contributed by atoms with Crippen LogP contribution < -0.4 is 10.6 Å². The van der Waals surface area contributed by atoms with E-state index in [-0.39, 0.29) is 24.5 Å². The summed E-state index contributed by atoms with van der Waals surface area (Å²) in [5.74, 6) is -0.406. The Morgan fingerprint density at radius 2 is 1.84 bits per heavy atom. The number of esters is 1. The number of amides is 1. The Bertz CT molecular complexity index is 427. The lowest BCUT2D eigenvalue weighted by atomic mass is 10.2. The zero-order chi connectivity index (χ0) is 14.3. The highest BCUT2D eigenvalue weighted by atomic mass is 16.5. The minimum atomic E-state index is -0.341. The van der Waals surface area contributed by atoms with Crippen molar-refractivity contribution < 1.29 is 14.3 Å². The summed E-state index contributed by atoms with van der Waals surface area (Å²) >= 11 is 0. The average molecular weight is 264 g/mol. The molecule has 2 N–H and O–H groups in total. The van der Waals surface area contributed by atoms with Gasteiger partial charge >= 0.3 is 5.97 Å². The molecule has 0 aliphatic heterocycles. The van der Waals surface area contributed by atoms with Crippen molar-refractivity contribution in [1.82, 2.24) is 5.32 Å². The molecule has 0 saturated heterocycles. The van der Waals surface area contributed by atoms with E-state index in [2.05, 4.69) is 10.6 Å². The summed E-state index contributed by atoms with van der Waals surface area (Å²) in [6.45, 7) is 6.14. The minimum Gasteiger partial charge on any atom is -0.462 e. The number of anilines is 1. The van der Waals surface area contributed by atoms with Crippen molar-refractivity contribution in [2.45, 2.75) is 26.8 Å². The van der Waals surface area contributed by atoms with Crippen LogP contribution in [0, 0.1) is 0 Å². The van der Waals surface area contributed by atoms with Crippen LogP contribution >= 0.6 is 0 Å². The van der Waals surface area contributed by atoms with Crippen LogP contribution in [0.25, 0.3) is 0 Å². The number of rotatable bonds is 6. The summed E-state index contributed by atoms with van der Waals surface area (Å²) in [6.07, 6.45) is 0. The van der Waals surface area contributed by atoms with Crippen molar-refractivity contribution in [3.05, 3.63) is 29.8 Å². The molecule has 1 aromatic carbocycles. The van der Waals surface area contributed by atoms with Gasteiger partial charge in [-0.3, -0.25) is 4.79 Å². The van der Waals surface area contributed by atoms with E-state index in [9.17, 15) is 9.59 Å². The average Bonchev–Trinajstić information content (AvgIpc) is 2.36. The van der Waals surface area contributed by atoms with Crippen molar-refractivity contribution in [2.24, 2.45) is 0 Å². The summed E-state index contributed by atoms with van der Waals surface area (Å²) in [5.41, 5.74) is 1.28. The van der Waals surface area contributed by atoms with Crippen LogP contribution in [-0.4, -0.2) is 31.1 Å². The maximum atomic E-state index is 11.4. The van der Waals surface area contributed by atoms with Crippen LogP contribution in [0.1, 0.15) is 31.1 Å². The molecule has 0 atom stereocenters. The molecule has 0 fully saturated rings. The highest BCUT2D eigenvalue weighted by molar-refractivity contribution is 5.90. The largest absolute Gasteiger partial charge is 0.462 e. The molecule has 5 heteroatoms. The predicted octanol–water partition coefficient (Wildman–Crippen LogP) is 1.80.